The van der Waals surface area contributed by atoms with Crippen LogP contribution in [0.3, 0.4) is 0 Å². The molecule has 1 aromatic carbocycles. The molecule has 0 aromatic heterocycles. The van der Waals surface area contributed by atoms with Gasteiger partial charge in [-0.2, -0.15) is 0 Å². The average Bonchev–Trinajstić information content (AvgIpc) is 2.51. The van der Waals surface area contributed by atoms with Crippen molar-refractivity contribution in [1.29, 1.82) is 0 Å². The molecule has 0 amide bonds. The number of phenols is 1. The summed E-state index contributed by atoms with van der Waals surface area (Å²) in [4.78, 5) is 21.6. The van der Waals surface area contributed by atoms with E-state index in [1.807, 2.05) is 53.7 Å². The van der Waals surface area contributed by atoms with Crippen molar-refractivity contribution in [2.45, 2.75) is 59.0 Å². The molecule has 6 heteroatoms. The van der Waals surface area contributed by atoms with E-state index in [0.717, 1.165) is 28.8 Å². The van der Waals surface area contributed by atoms with Crippen LogP contribution in [-0.4, -0.2) is 35.4 Å². The maximum Gasteiger partial charge on any atom is 0.331 e. The first-order chi connectivity index (χ1) is 12.3. The molecule has 0 saturated heterocycles. The molecule has 0 aliphatic heterocycles. The number of carboxylic acids is 1. The van der Waals surface area contributed by atoms with Gasteiger partial charge in [-0.25, -0.2) is 9.59 Å². The van der Waals surface area contributed by atoms with E-state index in [9.17, 15) is 14.7 Å². The van der Waals surface area contributed by atoms with Crippen LogP contribution in [0.4, 0.5) is 0 Å². The summed E-state index contributed by atoms with van der Waals surface area (Å²) in [5.41, 5.74) is 2.22. The summed E-state index contributed by atoms with van der Waals surface area (Å²) in [6.45, 7) is 12.8. The molecule has 1 aromatic rings. The predicted octanol–water partition coefficient (Wildman–Crippen LogP) is 3.69. The summed E-state index contributed by atoms with van der Waals surface area (Å²) in [5, 5.41) is 19.1. The maximum absolute atomic E-state index is 11.3. The first-order valence-corrected chi connectivity index (χ1v) is 8.84. The molecule has 0 heterocycles. The largest absolute Gasteiger partial charge is 0.507 e. The third-order valence-corrected chi connectivity index (χ3v) is 3.89. The first-order valence-electron chi connectivity index (χ1n) is 8.84. The summed E-state index contributed by atoms with van der Waals surface area (Å²) < 4.78 is 10.4. The van der Waals surface area contributed by atoms with Crippen molar-refractivity contribution in [3.05, 3.63) is 41.0 Å². The number of hydrogen-bond donors (Lipinski definition) is 2. The number of ether oxygens (including phenoxy) is 2. The Hall–Kier alpha value is -2.34. The molecular weight excluding hydrogens is 348 g/mol. The minimum absolute atomic E-state index is 0.0269. The zero-order valence-electron chi connectivity index (χ0n) is 17.0. The number of carboxylic acid groups (broad SMARTS) is 1. The number of phenolic OH excluding ortho intramolecular Hbond substituents is 1. The zero-order valence-corrected chi connectivity index (χ0v) is 17.0. The van der Waals surface area contributed by atoms with Crippen LogP contribution < -0.4 is 0 Å². The van der Waals surface area contributed by atoms with E-state index in [0.29, 0.717) is 12.4 Å². The second-order valence-electron chi connectivity index (χ2n) is 8.43. The van der Waals surface area contributed by atoms with E-state index in [4.69, 9.17) is 14.6 Å². The highest BCUT2D eigenvalue weighted by Crippen LogP contribution is 2.39. The lowest BCUT2D eigenvalue weighted by Gasteiger charge is -2.28. The van der Waals surface area contributed by atoms with Crippen LogP contribution in [-0.2, 0) is 36.5 Å². The number of esters is 1. The Balaban J connectivity index is 2.75. The van der Waals surface area contributed by atoms with Gasteiger partial charge < -0.3 is 19.7 Å². The lowest BCUT2D eigenvalue weighted by atomic mass is 9.78. The van der Waals surface area contributed by atoms with Crippen molar-refractivity contribution in [2.24, 2.45) is 0 Å². The minimum atomic E-state index is -1.21. The number of aromatic hydroxyl groups is 1. The number of carbonyl (C=O) groups is 2. The predicted molar refractivity (Wildman–Crippen MR) is 103 cm³/mol. The fourth-order valence-electron chi connectivity index (χ4n) is 2.50. The Morgan fingerprint density at radius 2 is 1.48 bits per heavy atom. The zero-order chi connectivity index (χ0) is 20.8. The summed E-state index contributed by atoms with van der Waals surface area (Å²) in [5.74, 6) is -1.62. The second kappa shape index (κ2) is 9.04. The fraction of sp³-hybridized carbons (Fsp3) is 0.524. The number of hydrogen-bond acceptors (Lipinski definition) is 5. The highest BCUT2D eigenvalue weighted by atomic mass is 16.6. The van der Waals surface area contributed by atoms with Gasteiger partial charge >= 0.3 is 11.9 Å². The first kappa shape index (κ1) is 22.7. The molecule has 6 nitrogen and oxygen atoms in total. The van der Waals surface area contributed by atoms with Crippen LogP contribution in [0, 0.1) is 0 Å². The summed E-state index contributed by atoms with van der Waals surface area (Å²) in [7, 11) is 0. The second-order valence-corrected chi connectivity index (χ2v) is 8.43. The molecule has 0 radical (unpaired) electrons. The quantitative estimate of drug-likeness (QED) is 0.427. The molecule has 0 aliphatic carbocycles. The van der Waals surface area contributed by atoms with Gasteiger partial charge in [0.2, 0.25) is 0 Å². The summed E-state index contributed by atoms with van der Waals surface area (Å²) in [6, 6.07) is 3.87. The Morgan fingerprint density at radius 1 is 0.963 bits per heavy atom. The van der Waals surface area contributed by atoms with E-state index >= 15 is 0 Å². The summed E-state index contributed by atoms with van der Waals surface area (Å²) in [6.07, 6.45) is 1.58. The van der Waals surface area contributed by atoms with Crippen LogP contribution in [0.25, 0.3) is 0 Å². The van der Waals surface area contributed by atoms with Crippen molar-refractivity contribution in [1.82, 2.24) is 0 Å². The number of carbonyl (C=O) groups excluding carboxylic acids is 1. The molecule has 0 fully saturated rings. The minimum Gasteiger partial charge on any atom is -0.507 e. The Labute approximate surface area is 160 Å². The van der Waals surface area contributed by atoms with Gasteiger partial charge in [0.15, 0.2) is 0 Å². The van der Waals surface area contributed by atoms with Crippen LogP contribution in [0.2, 0.25) is 0 Å². The van der Waals surface area contributed by atoms with Crippen LogP contribution >= 0.6 is 0 Å². The van der Waals surface area contributed by atoms with Gasteiger partial charge in [0.05, 0.1) is 13.2 Å². The van der Waals surface area contributed by atoms with Gasteiger partial charge in [-0.05, 0) is 39.7 Å². The van der Waals surface area contributed by atoms with E-state index in [-0.39, 0.29) is 24.0 Å². The van der Waals surface area contributed by atoms with Crippen molar-refractivity contribution in [2.75, 3.05) is 13.2 Å². The van der Waals surface area contributed by atoms with Gasteiger partial charge in [0.25, 0.3) is 0 Å². The lowest BCUT2D eigenvalue weighted by molar-refractivity contribution is -0.140. The molecule has 0 saturated carbocycles. The molecule has 27 heavy (non-hydrogen) atoms. The van der Waals surface area contributed by atoms with Crippen LogP contribution in [0.1, 0.15) is 58.2 Å². The molecule has 150 valence electrons. The topological polar surface area (TPSA) is 93.1 Å². The molecule has 0 atom stereocenters. The number of aliphatic carboxylic acids is 1. The Bertz CT molecular complexity index is 669. The van der Waals surface area contributed by atoms with Gasteiger partial charge in [-0.3, -0.25) is 0 Å². The molecule has 0 aliphatic rings. The summed E-state index contributed by atoms with van der Waals surface area (Å²) >= 11 is 0. The van der Waals surface area contributed by atoms with E-state index in [1.165, 1.54) is 0 Å². The van der Waals surface area contributed by atoms with E-state index < -0.39 is 11.9 Å². The molecule has 0 bridgehead atoms. The Morgan fingerprint density at radius 3 is 1.93 bits per heavy atom. The van der Waals surface area contributed by atoms with Crippen molar-refractivity contribution in [3.8, 4) is 5.75 Å². The van der Waals surface area contributed by atoms with E-state index in [2.05, 4.69) is 0 Å². The van der Waals surface area contributed by atoms with Crippen molar-refractivity contribution in [3.63, 3.8) is 0 Å². The molecule has 2 N–H and O–H groups in total. The molecule has 0 spiro atoms. The molecular formula is C21H30O6. The number of benzene rings is 1. The third kappa shape index (κ3) is 7.43. The fourth-order valence-corrected chi connectivity index (χ4v) is 2.50. The SMILES string of the molecule is CC(C)(C)c1cc(COCCOC(=O)C=CC(=O)O)cc(C(C)(C)C)c1O. The average molecular weight is 378 g/mol. The van der Waals surface area contributed by atoms with Gasteiger partial charge in [-0.1, -0.05) is 41.5 Å². The van der Waals surface area contributed by atoms with Gasteiger partial charge in [-0.15, -0.1) is 0 Å². The Kier molecular flexibility index (Phi) is 7.60. The van der Waals surface area contributed by atoms with E-state index in [1.54, 1.807) is 0 Å². The lowest BCUT2D eigenvalue weighted by Crippen LogP contribution is -2.18. The van der Waals surface area contributed by atoms with Crippen molar-refractivity contribution < 1.29 is 29.3 Å². The highest BCUT2D eigenvalue weighted by molar-refractivity contribution is 5.90. The third-order valence-electron chi connectivity index (χ3n) is 3.89. The monoisotopic (exact) mass is 378 g/mol. The highest BCUT2D eigenvalue weighted by Gasteiger charge is 2.26. The standard InChI is InChI=1S/C21H30O6/c1-20(2,3)15-11-14(12-16(19(15)25)21(4,5)6)13-26-9-10-27-18(24)8-7-17(22)23/h7-8,11-12,25H,9-10,13H2,1-6H3,(H,22,23). The number of rotatable bonds is 7. The van der Waals surface area contributed by atoms with Crippen LogP contribution in [0.5, 0.6) is 5.75 Å². The normalized spacial score (nSPS) is 12.4. The molecule has 1 rings (SSSR count). The maximum atomic E-state index is 11.3. The van der Waals surface area contributed by atoms with Gasteiger partial charge in [0.1, 0.15) is 12.4 Å². The molecule has 0 unspecified atom stereocenters. The smallest absolute Gasteiger partial charge is 0.331 e. The van der Waals surface area contributed by atoms with Crippen molar-refractivity contribution >= 4 is 11.9 Å². The van der Waals surface area contributed by atoms with Crippen LogP contribution in [0.15, 0.2) is 24.3 Å². The van der Waals surface area contributed by atoms with Gasteiger partial charge in [0, 0.05) is 12.2 Å².